The molecule has 0 aromatic heterocycles. The van der Waals surface area contributed by atoms with Crippen LogP contribution in [0.2, 0.25) is 0 Å². The molecule has 320 valence electrons. The van der Waals surface area contributed by atoms with Gasteiger partial charge in [-0.25, -0.2) is 14.4 Å². The number of aryl methyl sites for hydroxylation is 1. The number of ketones is 1. The van der Waals surface area contributed by atoms with Crippen molar-refractivity contribution >= 4 is 29.8 Å². The van der Waals surface area contributed by atoms with E-state index in [0.717, 1.165) is 12.5 Å². The Bertz CT molecular complexity index is 2020. The average molecular weight is 822 g/mol. The third-order valence-electron chi connectivity index (χ3n) is 12.8. The van der Waals surface area contributed by atoms with Crippen LogP contribution < -0.4 is 5.32 Å². The number of rotatable bonds is 8. The molecular weight excluding hydrogens is 766 g/mol. The number of carbonyl (C=O) groups excluding carboxylic acids is 5. The lowest BCUT2D eigenvalue weighted by Gasteiger charge is -2.67. The second-order valence-electron chi connectivity index (χ2n) is 18.1. The molecule has 3 aliphatic carbocycles. The molecule has 1 saturated heterocycles. The summed E-state index contributed by atoms with van der Waals surface area (Å²) in [5, 5.41) is 51.7. The van der Waals surface area contributed by atoms with E-state index >= 15 is 0 Å². The minimum Gasteiger partial charge on any atom is -0.456 e. The number of aliphatic hydroxyl groups is 4. The first-order chi connectivity index (χ1) is 27.4. The fraction of sp³-hybridized carbons (Fsp3) is 0.568. The van der Waals surface area contributed by atoms with Crippen LogP contribution in [-0.2, 0) is 38.1 Å². The molecule has 2 bridgehead atoms. The van der Waals surface area contributed by atoms with Crippen LogP contribution in [0.5, 0.6) is 0 Å². The predicted octanol–water partition coefficient (Wildman–Crippen LogP) is 3.57. The molecule has 3 fully saturated rings. The van der Waals surface area contributed by atoms with Crippen molar-refractivity contribution in [2.45, 2.75) is 135 Å². The van der Waals surface area contributed by atoms with Gasteiger partial charge in [0.25, 0.3) is 0 Å². The number of amides is 1. The zero-order valence-corrected chi connectivity index (χ0v) is 34.8. The smallest absolute Gasteiger partial charge is 0.408 e. The number of ether oxygens (including phenoxy) is 5. The van der Waals surface area contributed by atoms with Gasteiger partial charge in [0.2, 0.25) is 0 Å². The number of benzene rings is 2. The molecule has 2 aromatic carbocycles. The lowest BCUT2D eigenvalue weighted by Crippen LogP contribution is -2.81. The van der Waals surface area contributed by atoms with Gasteiger partial charge in [0, 0.05) is 25.2 Å². The van der Waals surface area contributed by atoms with Crippen LogP contribution in [0, 0.1) is 23.7 Å². The van der Waals surface area contributed by atoms with Crippen LogP contribution >= 0.6 is 0 Å². The molecule has 0 radical (unpaired) electrons. The van der Waals surface area contributed by atoms with Gasteiger partial charge in [-0.15, -0.1) is 0 Å². The highest BCUT2D eigenvalue weighted by Crippen LogP contribution is 2.64. The third kappa shape index (κ3) is 7.45. The van der Waals surface area contributed by atoms with Gasteiger partial charge in [0.15, 0.2) is 17.5 Å². The molecule has 4 aliphatic rings. The number of esters is 3. The zero-order valence-electron chi connectivity index (χ0n) is 34.8. The summed E-state index contributed by atoms with van der Waals surface area (Å²) in [7, 11) is 0. The van der Waals surface area contributed by atoms with Crippen molar-refractivity contribution in [2.75, 3.05) is 6.61 Å². The molecule has 2 aromatic rings. The van der Waals surface area contributed by atoms with Gasteiger partial charge in [-0.05, 0) is 70.4 Å². The number of hydrogen-bond acceptors (Lipinski definition) is 14. The summed E-state index contributed by atoms with van der Waals surface area (Å²) in [4.78, 5) is 69.1. The minimum absolute atomic E-state index is 0.0633. The monoisotopic (exact) mass is 821 g/mol. The van der Waals surface area contributed by atoms with Crippen molar-refractivity contribution in [1.29, 1.82) is 0 Å². The quantitative estimate of drug-likeness (QED) is 0.146. The summed E-state index contributed by atoms with van der Waals surface area (Å²) in [5.41, 5.74) is -7.27. The number of hydrogen-bond donors (Lipinski definition) is 5. The highest BCUT2D eigenvalue weighted by atomic mass is 16.6. The van der Waals surface area contributed by atoms with Crippen molar-refractivity contribution in [2.24, 2.45) is 16.7 Å². The zero-order chi connectivity index (χ0) is 43.6. The van der Waals surface area contributed by atoms with Gasteiger partial charge >= 0.3 is 24.0 Å². The Morgan fingerprint density at radius 2 is 1.58 bits per heavy atom. The van der Waals surface area contributed by atoms with E-state index in [1.165, 1.54) is 26.0 Å². The number of Topliss-reactive ketones (excluding diaryl/α,β-unsaturated/α-hetero) is 1. The summed E-state index contributed by atoms with van der Waals surface area (Å²) >= 11 is 0. The summed E-state index contributed by atoms with van der Waals surface area (Å²) in [5.74, 6) is -5.36. The van der Waals surface area contributed by atoms with E-state index < -0.39 is 112 Å². The molecule has 11 atom stereocenters. The van der Waals surface area contributed by atoms with Crippen LogP contribution in [0.15, 0.2) is 65.7 Å². The van der Waals surface area contributed by atoms with Crippen molar-refractivity contribution in [1.82, 2.24) is 5.32 Å². The minimum atomic E-state index is -2.36. The molecule has 6 rings (SSSR count). The van der Waals surface area contributed by atoms with Gasteiger partial charge in [-0.3, -0.25) is 9.59 Å². The number of nitrogens with one attached hydrogen (secondary N) is 1. The molecule has 1 aliphatic heterocycles. The first-order valence-corrected chi connectivity index (χ1v) is 19.7. The van der Waals surface area contributed by atoms with Crippen LogP contribution in [0.4, 0.5) is 4.79 Å². The van der Waals surface area contributed by atoms with Gasteiger partial charge in [0.1, 0.15) is 35.6 Å². The Kier molecular flexibility index (Phi) is 11.5. The molecule has 59 heavy (non-hydrogen) atoms. The largest absolute Gasteiger partial charge is 0.456 e. The number of aliphatic hydroxyl groups excluding tert-OH is 3. The maximum Gasteiger partial charge on any atom is 0.408 e. The Morgan fingerprint density at radius 3 is 2.14 bits per heavy atom. The SMILES string of the molecule is CC(=O)O[C@@]12CO[C@@H]1C[C@H](O)[C@@]1(C)C(=O)[C@H](O)C3=C(C)[C@@H](OC(=O)[C@H](O)[C@@H](NC(=O)OC(C)(C)C)c4ccc(C)cc4)C[C@@](O)([C@@H](OC(=O)c4ccccc4)C12)C3(C)C. The summed E-state index contributed by atoms with van der Waals surface area (Å²) < 4.78 is 29.6. The average Bonchev–Trinajstić information content (AvgIpc) is 3.15. The van der Waals surface area contributed by atoms with E-state index in [2.05, 4.69) is 5.32 Å². The van der Waals surface area contributed by atoms with E-state index in [1.54, 1.807) is 77.1 Å². The van der Waals surface area contributed by atoms with Crippen LogP contribution in [0.25, 0.3) is 0 Å². The van der Waals surface area contributed by atoms with Gasteiger partial charge < -0.3 is 49.4 Å². The fourth-order valence-electron chi connectivity index (χ4n) is 9.67. The van der Waals surface area contributed by atoms with E-state index in [9.17, 15) is 44.4 Å². The normalized spacial score (nSPS) is 33.3. The van der Waals surface area contributed by atoms with E-state index in [4.69, 9.17) is 23.7 Å². The topological polar surface area (TPSA) is 224 Å². The van der Waals surface area contributed by atoms with Gasteiger partial charge in [-0.1, -0.05) is 61.9 Å². The molecule has 15 heteroatoms. The maximum absolute atomic E-state index is 15.0. The lowest BCUT2D eigenvalue weighted by atomic mass is 9.44. The Hall–Kier alpha value is -4.67. The molecule has 1 heterocycles. The first kappa shape index (κ1) is 43.9. The number of carbonyl (C=O) groups is 5. The summed E-state index contributed by atoms with van der Waals surface area (Å²) in [6.45, 7) is 13.6. The summed E-state index contributed by atoms with van der Waals surface area (Å²) in [6.07, 6.45) is -11.5. The Balaban J connectivity index is 1.49. The van der Waals surface area contributed by atoms with Gasteiger partial charge in [-0.2, -0.15) is 0 Å². The van der Waals surface area contributed by atoms with Crippen LogP contribution in [0.3, 0.4) is 0 Å². The highest BCUT2D eigenvalue weighted by molar-refractivity contribution is 5.94. The second-order valence-corrected chi connectivity index (χ2v) is 18.1. The number of fused-ring (bicyclic) bond motifs is 5. The van der Waals surface area contributed by atoms with Crippen molar-refractivity contribution < 1.29 is 68.1 Å². The number of alkyl carbamates (subject to hydrolysis) is 1. The van der Waals surface area contributed by atoms with Gasteiger partial charge in [0.05, 0.1) is 35.6 Å². The molecule has 5 N–H and O–H groups in total. The van der Waals surface area contributed by atoms with Crippen molar-refractivity contribution in [3.8, 4) is 0 Å². The first-order valence-electron chi connectivity index (χ1n) is 19.7. The van der Waals surface area contributed by atoms with E-state index in [0.29, 0.717) is 5.56 Å². The van der Waals surface area contributed by atoms with E-state index in [-0.39, 0.29) is 29.7 Å². The standard InChI is InChI=1S/C44H55NO14/c1-22-15-17-25(18-16-22)31(45-39(53)59-40(4,5)6)33(49)38(52)56-27-20-44(54)36(57-37(51)26-13-11-10-12-14-26)34-42(9,35(50)32(48)30(23(27)2)41(44,7)8)28(47)19-29-43(34,21-55-29)58-24(3)46/h10-18,27-29,31-34,36,47-49,54H,19-21H2,1-9H3,(H,45,53)/t27-,28-,29+,31-,32+,33+,34?,36-,42+,43-,44+/m0/s1. The molecule has 0 spiro atoms. The molecular formula is C44H55NO14. The van der Waals surface area contributed by atoms with Crippen LogP contribution in [0.1, 0.15) is 95.8 Å². The Labute approximate surface area is 343 Å². The van der Waals surface area contributed by atoms with Crippen molar-refractivity contribution in [3.63, 3.8) is 0 Å². The van der Waals surface area contributed by atoms with E-state index in [1.807, 2.05) is 6.92 Å². The Morgan fingerprint density at radius 1 is 0.949 bits per heavy atom. The second kappa shape index (κ2) is 15.4. The highest BCUT2D eigenvalue weighted by Gasteiger charge is 2.78. The molecule has 2 saturated carbocycles. The lowest BCUT2D eigenvalue weighted by molar-refractivity contribution is -0.346. The third-order valence-corrected chi connectivity index (χ3v) is 12.8. The van der Waals surface area contributed by atoms with Crippen LogP contribution in [-0.4, -0.2) is 110 Å². The predicted molar refractivity (Wildman–Crippen MR) is 208 cm³/mol. The summed E-state index contributed by atoms with van der Waals surface area (Å²) in [6, 6.07) is 13.2. The molecule has 1 unspecified atom stereocenters. The van der Waals surface area contributed by atoms with Crippen molar-refractivity contribution in [3.05, 3.63) is 82.4 Å². The molecule has 1 amide bonds. The molecule has 15 nitrogen and oxygen atoms in total. The fourth-order valence-corrected chi connectivity index (χ4v) is 9.67. The maximum atomic E-state index is 15.0.